The number of rotatable bonds is 5. The fraction of sp³-hybridized carbons (Fsp3) is 0.400. The maximum absolute atomic E-state index is 3.92. The molecule has 0 saturated heterocycles. The molecule has 0 bridgehead atoms. The van der Waals surface area contributed by atoms with Crippen molar-refractivity contribution in [2.45, 2.75) is 19.4 Å². The van der Waals surface area contributed by atoms with Crippen LogP contribution in [-0.2, 0) is 6.42 Å². The molecule has 0 aliphatic rings. The monoisotopic (exact) mass is 317 g/mol. The number of hydrogen-bond donors (Lipinski definition) is 1. The lowest BCUT2D eigenvalue weighted by molar-refractivity contribution is 0.561. The van der Waals surface area contributed by atoms with Crippen molar-refractivity contribution < 1.29 is 0 Å². The van der Waals surface area contributed by atoms with Gasteiger partial charge in [-0.25, -0.2) is 0 Å². The Hall–Kier alpha value is -0.300. The predicted octanol–water partition coefficient (Wildman–Crippen LogP) is 3.26. The van der Waals surface area contributed by atoms with Crippen LogP contribution in [0, 0.1) is 0 Å². The lowest BCUT2D eigenvalue weighted by Crippen LogP contribution is -2.21. The van der Waals surface area contributed by atoms with E-state index in [1.807, 2.05) is 6.20 Å². The standard InChI is InChI=1S/C10H12BrN3S2/c1-2-12-9(10-5-13-14-16-10)4-8-3-7(11)6-15-8/h3,5-6,9,12H,2,4H2,1H3. The van der Waals surface area contributed by atoms with Gasteiger partial charge in [-0.3, -0.25) is 0 Å². The van der Waals surface area contributed by atoms with Gasteiger partial charge in [0, 0.05) is 27.2 Å². The summed E-state index contributed by atoms with van der Waals surface area (Å²) in [5, 5.41) is 9.47. The minimum atomic E-state index is 0.329. The highest BCUT2D eigenvalue weighted by Gasteiger charge is 2.14. The van der Waals surface area contributed by atoms with E-state index in [1.165, 1.54) is 21.3 Å². The molecule has 86 valence electrons. The molecule has 2 heterocycles. The first-order valence-electron chi connectivity index (χ1n) is 5.03. The van der Waals surface area contributed by atoms with Crippen LogP contribution in [0.5, 0.6) is 0 Å². The molecular weight excluding hydrogens is 306 g/mol. The van der Waals surface area contributed by atoms with E-state index in [0.717, 1.165) is 17.4 Å². The van der Waals surface area contributed by atoms with Gasteiger partial charge in [0.1, 0.15) is 0 Å². The van der Waals surface area contributed by atoms with Crippen LogP contribution in [0.1, 0.15) is 22.7 Å². The van der Waals surface area contributed by atoms with Gasteiger partial charge < -0.3 is 5.32 Å². The van der Waals surface area contributed by atoms with Gasteiger partial charge in [0.05, 0.1) is 11.1 Å². The van der Waals surface area contributed by atoms with E-state index in [9.17, 15) is 0 Å². The first-order valence-corrected chi connectivity index (χ1v) is 7.47. The number of aromatic nitrogens is 2. The molecule has 0 aliphatic heterocycles. The zero-order chi connectivity index (χ0) is 11.4. The highest BCUT2D eigenvalue weighted by atomic mass is 79.9. The maximum Gasteiger partial charge on any atom is 0.0669 e. The Bertz CT molecular complexity index is 427. The van der Waals surface area contributed by atoms with Crippen molar-refractivity contribution >= 4 is 38.8 Å². The largest absolute Gasteiger partial charge is 0.309 e. The molecule has 16 heavy (non-hydrogen) atoms. The number of nitrogens with zero attached hydrogens (tertiary/aromatic N) is 2. The number of halogens is 1. The summed E-state index contributed by atoms with van der Waals surface area (Å²) in [6.45, 7) is 3.07. The zero-order valence-electron chi connectivity index (χ0n) is 8.81. The summed E-state index contributed by atoms with van der Waals surface area (Å²) in [4.78, 5) is 2.57. The topological polar surface area (TPSA) is 37.8 Å². The second kappa shape index (κ2) is 5.86. The SMILES string of the molecule is CCNC(Cc1cc(Br)cs1)c1cnns1. The third-order valence-electron chi connectivity index (χ3n) is 2.20. The van der Waals surface area contributed by atoms with Gasteiger partial charge in [-0.2, -0.15) is 0 Å². The van der Waals surface area contributed by atoms with Gasteiger partial charge in [-0.15, -0.1) is 16.4 Å². The molecule has 0 aromatic carbocycles. The fourth-order valence-corrected chi connectivity index (χ4v) is 3.59. The first kappa shape index (κ1) is 12.2. The quantitative estimate of drug-likeness (QED) is 0.919. The van der Waals surface area contributed by atoms with E-state index in [2.05, 4.69) is 49.2 Å². The molecule has 1 N–H and O–H groups in total. The van der Waals surface area contributed by atoms with E-state index in [-0.39, 0.29) is 0 Å². The summed E-state index contributed by atoms with van der Waals surface area (Å²) in [6, 6.07) is 2.50. The maximum atomic E-state index is 3.92. The number of hydrogen-bond acceptors (Lipinski definition) is 5. The van der Waals surface area contributed by atoms with Crippen molar-refractivity contribution in [1.29, 1.82) is 0 Å². The average Bonchev–Trinajstić information content (AvgIpc) is 2.88. The molecule has 1 atom stereocenters. The van der Waals surface area contributed by atoms with Crippen LogP contribution in [0.25, 0.3) is 0 Å². The van der Waals surface area contributed by atoms with Crippen LogP contribution in [-0.4, -0.2) is 16.1 Å². The van der Waals surface area contributed by atoms with Crippen LogP contribution in [0.2, 0.25) is 0 Å². The van der Waals surface area contributed by atoms with Crippen molar-refractivity contribution in [3.63, 3.8) is 0 Å². The van der Waals surface area contributed by atoms with Crippen molar-refractivity contribution in [2.75, 3.05) is 6.54 Å². The minimum Gasteiger partial charge on any atom is -0.309 e. The number of nitrogens with one attached hydrogen (secondary N) is 1. The Labute approximate surface area is 111 Å². The van der Waals surface area contributed by atoms with Crippen LogP contribution < -0.4 is 5.32 Å². The minimum absolute atomic E-state index is 0.329. The lowest BCUT2D eigenvalue weighted by atomic mass is 10.1. The molecular formula is C10H12BrN3S2. The van der Waals surface area contributed by atoms with E-state index in [4.69, 9.17) is 0 Å². The molecule has 0 amide bonds. The van der Waals surface area contributed by atoms with Crippen LogP contribution in [0.4, 0.5) is 0 Å². The van der Waals surface area contributed by atoms with Gasteiger partial charge in [-0.05, 0) is 40.1 Å². The molecule has 3 nitrogen and oxygen atoms in total. The summed E-state index contributed by atoms with van der Waals surface area (Å²) in [6.07, 6.45) is 2.84. The number of likely N-dealkylation sites (N-methyl/N-ethyl adjacent to an activating group) is 1. The van der Waals surface area contributed by atoms with Crippen molar-refractivity contribution in [3.8, 4) is 0 Å². The molecule has 0 aliphatic carbocycles. The smallest absolute Gasteiger partial charge is 0.0669 e. The highest BCUT2D eigenvalue weighted by Crippen LogP contribution is 2.26. The van der Waals surface area contributed by atoms with Crippen LogP contribution in [0.15, 0.2) is 22.1 Å². The Morgan fingerprint density at radius 1 is 1.56 bits per heavy atom. The Morgan fingerprint density at radius 3 is 3.00 bits per heavy atom. The van der Waals surface area contributed by atoms with E-state index < -0.39 is 0 Å². The Balaban J connectivity index is 2.09. The molecule has 0 radical (unpaired) electrons. The zero-order valence-corrected chi connectivity index (χ0v) is 12.0. The van der Waals surface area contributed by atoms with Gasteiger partial charge >= 0.3 is 0 Å². The van der Waals surface area contributed by atoms with Crippen LogP contribution >= 0.6 is 38.8 Å². The van der Waals surface area contributed by atoms with E-state index in [1.54, 1.807) is 11.3 Å². The molecule has 2 rings (SSSR count). The Kier molecular flexibility index (Phi) is 4.45. The summed E-state index contributed by atoms with van der Waals surface area (Å²) < 4.78 is 5.08. The molecule has 2 aromatic heterocycles. The summed E-state index contributed by atoms with van der Waals surface area (Å²) in [5.74, 6) is 0. The van der Waals surface area contributed by atoms with Crippen molar-refractivity contribution in [2.24, 2.45) is 0 Å². The molecule has 0 fully saturated rings. The average molecular weight is 318 g/mol. The molecule has 0 saturated carbocycles. The lowest BCUT2D eigenvalue weighted by Gasteiger charge is -2.13. The second-order valence-corrected chi connectivity index (χ2v) is 6.09. The van der Waals surface area contributed by atoms with Gasteiger partial charge in [0.2, 0.25) is 0 Å². The Morgan fingerprint density at radius 2 is 2.44 bits per heavy atom. The second-order valence-electron chi connectivity index (χ2n) is 3.37. The molecule has 6 heteroatoms. The van der Waals surface area contributed by atoms with E-state index in [0.29, 0.717) is 6.04 Å². The van der Waals surface area contributed by atoms with Crippen LogP contribution in [0.3, 0.4) is 0 Å². The van der Waals surface area contributed by atoms with Gasteiger partial charge in [0.15, 0.2) is 0 Å². The van der Waals surface area contributed by atoms with Gasteiger partial charge in [-0.1, -0.05) is 11.4 Å². The third-order valence-corrected chi connectivity index (χ3v) is 4.70. The fourth-order valence-electron chi connectivity index (χ4n) is 1.51. The van der Waals surface area contributed by atoms with E-state index >= 15 is 0 Å². The van der Waals surface area contributed by atoms with Gasteiger partial charge in [0.25, 0.3) is 0 Å². The predicted molar refractivity (Wildman–Crippen MR) is 72.0 cm³/mol. The van der Waals surface area contributed by atoms with Crippen molar-refractivity contribution in [1.82, 2.24) is 14.9 Å². The molecule has 1 unspecified atom stereocenters. The summed E-state index contributed by atoms with van der Waals surface area (Å²) >= 11 is 6.72. The van der Waals surface area contributed by atoms with Crippen molar-refractivity contribution in [3.05, 3.63) is 31.9 Å². The third kappa shape index (κ3) is 3.10. The summed E-state index contributed by atoms with van der Waals surface area (Å²) in [5.41, 5.74) is 0. The highest BCUT2D eigenvalue weighted by molar-refractivity contribution is 9.10. The molecule has 2 aromatic rings. The number of thiophene rings is 1. The summed E-state index contributed by atoms with van der Waals surface area (Å²) in [7, 11) is 0. The first-order chi connectivity index (χ1) is 7.79. The molecule has 0 spiro atoms. The normalized spacial score (nSPS) is 12.9.